The summed E-state index contributed by atoms with van der Waals surface area (Å²) in [7, 11) is 1.37. The molecule has 116 valence electrons. The van der Waals surface area contributed by atoms with E-state index in [-0.39, 0.29) is 11.8 Å². The van der Waals surface area contributed by atoms with Crippen molar-refractivity contribution in [3.8, 4) is 0 Å². The second-order valence-electron chi connectivity index (χ2n) is 5.57. The molecule has 0 aromatic carbocycles. The Balaban J connectivity index is 2.08. The highest BCUT2D eigenvalue weighted by molar-refractivity contribution is 6.10. The summed E-state index contributed by atoms with van der Waals surface area (Å²) in [6, 6.07) is -1.24. The predicted molar refractivity (Wildman–Crippen MR) is 73.2 cm³/mol. The van der Waals surface area contributed by atoms with Gasteiger partial charge in [0, 0.05) is 7.05 Å². The first-order chi connectivity index (χ1) is 9.90. The van der Waals surface area contributed by atoms with Gasteiger partial charge in [-0.3, -0.25) is 19.8 Å². The molecule has 1 aliphatic carbocycles. The average Bonchev–Trinajstić information content (AvgIpc) is 2.67. The van der Waals surface area contributed by atoms with E-state index in [0.29, 0.717) is 6.42 Å². The minimum absolute atomic E-state index is 0.0368. The first-order valence-electron chi connectivity index (χ1n) is 7.06. The number of carbonyl (C=O) groups excluding carboxylic acids is 4. The van der Waals surface area contributed by atoms with E-state index >= 15 is 0 Å². The van der Waals surface area contributed by atoms with Crippen molar-refractivity contribution < 1.29 is 19.2 Å². The maximum Gasteiger partial charge on any atom is 0.325 e. The first kappa shape index (κ1) is 15.3. The van der Waals surface area contributed by atoms with Crippen molar-refractivity contribution in [3.63, 3.8) is 0 Å². The van der Waals surface area contributed by atoms with Crippen molar-refractivity contribution in [1.82, 2.24) is 20.9 Å². The highest BCUT2D eigenvalue weighted by Gasteiger charge is 2.55. The molecule has 3 N–H and O–H groups in total. The lowest BCUT2D eigenvalue weighted by Gasteiger charge is -2.36. The van der Waals surface area contributed by atoms with Gasteiger partial charge in [-0.1, -0.05) is 19.8 Å². The van der Waals surface area contributed by atoms with Crippen molar-refractivity contribution in [2.45, 2.75) is 38.1 Å². The molecule has 2 fully saturated rings. The van der Waals surface area contributed by atoms with Gasteiger partial charge in [0.25, 0.3) is 5.91 Å². The predicted octanol–water partition coefficient (Wildman–Crippen LogP) is -0.0573. The van der Waals surface area contributed by atoms with E-state index in [4.69, 9.17) is 0 Å². The van der Waals surface area contributed by atoms with E-state index in [9.17, 15) is 19.2 Å². The minimum atomic E-state index is -0.886. The minimum Gasteiger partial charge on any atom is -0.341 e. The second-order valence-corrected chi connectivity index (χ2v) is 5.57. The van der Waals surface area contributed by atoms with Crippen LogP contribution in [0.1, 0.15) is 32.6 Å². The zero-order valence-corrected chi connectivity index (χ0v) is 12.2. The van der Waals surface area contributed by atoms with Gasteiger partial charge in [-0.15, -0.1) is 0 Å². The van der Waals surface area contributed by atoms with Crippen molar-refractivity contribution in [3.05, 3.63) is 0 Å². The van der Waals surface area contributed by atoms with E-state index in [1.54, 1.807) is 0 Å². The zero-order chi connectivity index (χ0) is 15.6. The summed E-state index contributed by atoms with van der Waals surface area (Å²) in [6.07, 6.45) is 3.36. The summed E-state index contributed by atoms with van der Waals surface area (Å²) < 4.78 is 0. The lowest BCUT2D eigenvalue weighted by Crippen LogP contribution is -2.54. The van der Waals surface area contributed by atoms with Crippen LogP contribution in [0.15, 0.2) is 0 Å². The zero-order valence-electron chi connectivity index (χ0n) is 12.2. The SMILES string of the molecule is CNC(=O)NC(=O)CN1C(=O)N[C@@]2(CCCC[C@@H]2C)C1=O. The number of nitrogens with zero attached hydrogens (tertiary/aromatic N) is 1. The van der Waals surface area contributed by atoms with E-state index < -0.39 is 30.1 Å². The fourth-order valence-corrected chi connectivity index (χ4v) is 3.01. The smallest absolute Gasteiger partial charge is 0.325 e. The first-order valence-corrected chi connectivity index (χ1v) is 7.06. The van der Waals surface area contributed by atoms with E-state index in [2.05, 4.69) is 10.6 Å². The molecule has 1 saturated heterocycles. The van der Waals surface area contributed by atoms with Gasteiger partial charge in [-0.25, -0.2) is 9.59 Å². The molecule has 0 unspecified atom stereocenters. The van der Waals surface area contributed by atoms with Crippen molar-refractivity contribution in [2.75, 3.05) is 13.6 Å². The molecule has 6 amide bonds. The Hall–Kier alpha value is -2.12. The van der Waals surface area contributed by atoms with Gasteiger partial charge in [-0.05, 0) is 18.8 Å². The van der Waals surface area contributed by atoms with Gasteiger partial charge in [0.15, 0.2) is 0 Å². The van der Waals surface area contributed by atoms with Crippen LogP contribution in [0.2, 0.25) is 0 Å². The van der Waals surface area contributed by atoms with Crippen LogP contribution in [0.4, 0.5) is 9.59 Å². The van der Waals surface area contributed by atoms with Gasteiger partial charge in [-0.2, -0.15) is 0 Å². The summed E-state index contributed by atoms with van der Waals surface area (Å²) in [4.78, 5) is 48.2. The number of imide groups is 2. The number of hydrogen-bond acceptors (Lipinski definition) is 4. The van der Waals surface area contributed by atoms with Crippen LogP contribution in [0.3, 0.4) is 0 Å². The Morgan fingerprint density at radius 3 is 2.71 bits per heavy atom. The molecule has 1 aliphatic heterocycles. The van der Waals surface area contributed by atoms with Gasteiger partial charge in [0.1, 0.15) is 12.1 Å². The Labute approximate surface area is 122 Å². The average molecular weight is 296 g/mol. The maximum absolute atomic E-state index is 12.6. The van der Waals surface area contributed by atoms with E-state index in [0.717, 1.165) is 24.2 Å². The fraction of sp³-hybridized carbons (Fsp3) is 0.692. The van der Waals surface area contributed by atoms with E-state index in [1.165, 1.54) is 7.05 Å². The molecule has 21 heavy (non-hydrogen) atoms. The molecule has 8 nitrogen and oxygen atoms in total. The van der Waals surface area contributed by atoms with Crippen LogP contribution in [0.25, 0.3) is 0 Å². The number of urea groups is 2. The van der Waals surface area contributed by atoms with Crippen molar-refractivity contribution in [1.29, 1.82) is 0 Å². The lowest BCUT2D eigenvalue weighted by atomic mass is 9.73. The van der Waals surface area contributed by atoms with Gasteiger partial charge in [0.2, 0.25) is 5.91 Å². The third-order valence-electron chi connectivity index (χ3n) is 4.28. The monoisotopic (exact) mass is 296 g/mol. The van der Waals surface area contributed by atoms with Crippen LogP contribution < -0.4 is 16.0 Å². The molecular weight excluding hydrogens is 276 g/mol. The molecule has 8 heteroatoms. The van der Waals surface area contributed by atoms with E-state index in [1.807, 2.05) is 12.2 Å². The number of hydrogen-bond donors (Lipinski definition) is 3. The van der Waals surface area contributed by atoms with Crippen LogP contribution >= 0.6 is 0 Å². The number of rotatable bonds is 2. The van der Waals surface area contributed by atoms with Gasteiger partial charge >= 0.3 is 12.1 Å². The molecular formula is C13H20N4O4. The summed E-state index contributed by atoms with van der Waals surface area (Å²) in [6.45, 7) is 1.48. The second kappa shape index (κ2) is 5.71. The van der Waals surface area contributed by atoms with Gasteiger partial charge < -0.3 is 10.6 Å². The third-order valence-corrected chi connectivity index (χ3v) is 4.28. The third kappa shape index (κ3) is 2.70. The quantitative estimate of drug-likeness (QED) is 0.620. The molecule has 0 aromatic heterocycles. The normalized spacial score (nSPS) is 28.5. The standard InChI is InChI=1S/C13H20N4O4/c1-8-5-3-4-6-13(8)10(19)17(12(21)16-13)7-9(18)15-11(20)14-2/h8H,3-7H2,1-2H3,(H,16,21)(H2,14,15,18,20)/t8-,13+/m0/s1. The molecule has 0 aromatic rings. The van der Waals surface area contributed by atoms with Crippen LogP contribution in [-0.4, -0.2) is 47.9 Å². The summed E-state index contributed by atoms with van der Waals surface area (Å²) in [5.41, 5.74) is -0.886. The molecule has 2 atom stereocenters. The Morgan fingerprint density at radius 1 is 1.38 bits per heavy atom. The molecule has 0 bridgehead atoms. The Bertz CT molecular complexity index is 493. The maximum atomic E-state index is 12.6. The van der Waals surface area contributed by atoms with Crippen molar-refractivity contribution in [2.24, 2.45) is 5.92 Å². The summed E-state index contributed by atoms with van der Waals surface area (Å²) in [5.74, 6) is -1.03. The molecule has 1 heterocycles. The molecule has 0 radical (unpaired) electrons. The molecule has 2 rings (SSSR count). The molecule has 1 saturated carbocycles. The summed E-state index contributed by atoms with van der Waals surface area (Å²) in [5, 5.41) is 7.02. The number of carbonyl (C=O) groups is 4. The fourth-order valence-electron chi connectivity index (χ4n) is 3.01. The molecule has 1 spiro atoms. The molecule has 2 aliphatic rings. The largest absolute Gasteiger partial charge is 0.341 e. The number of nitrogens with one attached hydrogen (secondary N) is 3. The van der Waals surface area contributed by atoms with Crippen molar-refractivity contribution >= 4 is 23.9 Å². The topological polar surface area (TPSA) is 108 Å². The Morgan fingerprint density at radius 2 is 2.10 bits per heavy atom. The Kier molecular flexibility index (Phi) is 4.15. The highest BCUT2D eigenvalue weighted by Crippen LogP contribution is 2.37. The summed E-state index contributed by atoms with van der Waals surface area (Å²) >= 11 is 0. The van der Waals surface area contributed by atoms with Crippen LogP contribution in [-0.2, 0) is 9.59 Å². The highest BCUT2D eigenvalue weighted by atomic mass is 16.2. The van der Waals surface area contributed by atoms with Crippen LogP contribution in [0, 0.1) is 5.92 Å². The number of amides is 6. The van der Waals surface area contributed by atoms with Gasteiger partial charge in [0.05, 0.1) is 0 Å². The van der Waals surface area contributed by atoms with Crippen LogP contribution in [0.5, 0.6) is 0 Å². The lowest BCUT2D eigenvalue weighted by molar-refractivity contribution is -0.137.